The number of aromatic hydroxyl groups is 1. The molecular formula is C25H27N7OS. The van der Waals surface area contributed by atoms with Gasteiger partial charge in [0.1, 0.15) is 11.8 Å². The lowest BCUT2D eigenvalue weighted by molar-refractivity contribution is 0.138. The summed E-state index contributed by atoms with van der Waals surface area (Å²) in [6.45, 7) is 2.36. The minimum atomic E-state index is 0.0807. The summed E-state index contributed by atoms with van der Waals surface area (Å²) >= 11 is 1.29. The van der Waals surface area contributed by atoms with Gasteiger partial charge in [-0.25, -0.2) is 9.97 Å². The summed E-state index contributed by atoms with van der Waals surface area (Å²) in [7, 11) is 0. The maximum atomic E-state index is 10.7. The minimum Gasteiger partial charge on any atom is -0.507 e. The number of phenolic OH excluding ortho intramolecular Hbond substituents is 1. The van der Waals surface area contributed by atoms with E-state index < -0.39 is 0 Å². The van der Waals surface area contributed by atoms with Gasteiger partial charge in [0.25, 0.3) is 0 Å². The smallest absolute Gasteiger partial charge is 0.194 e. The summed E-state index contributed by atoms with van der Waals surface area (Å²) in [5, 5.41) is 32.9. The highest BCUT2D eigenvalue weighted by atomic mass is 32.1. The fraction of sp³-hybridized carbons (Fsp3) is 0.480. The number of thiazole rings is 1. The molecule has 2 aromatic heterocycles. The molecule has 3 aliphatic rings. The number of hydrogen-bond acceptors (Lipinski definition) is 9. The molecule has 0 spiro atoms. The van der Waals surface area contributed by atoms with Crippen molar-refractivity contribution in [2.24, 2.45) is 0 Å². The number of rotatable bonds is 5. The van der Waals surface area contributed by atoms with Crippen molar-refractivity contribution in [2.45, 2.75) is 75.5 Å². The quantitative estimate of drug-likeness (QED) is 0.565. The standard InChI is InChI=1S/C25H27N7OS/c1-25-8-2-3-16(29-25)10-18(11-25)32(17-5-6-17)22-14-28-24(31-30-22)19-7-4-15(9-20(19)33)21-13-27-23(12-26)34-21/h4,7,9,13-14,16-18,29,33H,2-3,5-6,8,10-11H2,1H3/t16-,18-,25+/m0/s1. The van der Waals surface area contributed by atoms with Crippen LogP contribution in [0.3, 0.4) is 0 Å². The molecule has 9 heteroatoms. The first-order valence-corrected chi connectivity index (χ1v) is 12.8. The zero-order valence-corrected chi connectivity index (χ0v) is 19.9. The zero-order valence-electron chi connectivity index (χ0n) is 19.1. The van der Waals surface area contributed by atoms with Crippen LogP contribution >= 0.6 is 11.3 Å². The number of nitriles is 1. The molecule has 3 aromatic rings. The Labute approximate surface area is 202 Å². The van der Waals surface area contributed by atoms with Crippen LogP contribution < -0.4 is 10.2 Å². The lowest BCUT2D eigenvalue weighted by Gasteiger charge is -2.50. The lowest BCUT2D eigenvalue weighted by Crippen LogP contribution is -2.61. The molecule has 4 heterocycles. The van der Waals surface area contributed by atoms with Gasteiger partial charge in [-0.1, -0.05) is 12.5 Å². The van der Waals surface area contributed by atoms with Crippen LogP contribution in [-0.4, -0.2) is 48.9 Å². The van der Waals surface area contributed by atoms with Gasteiger partial charge in [-0.05, 0) is 63.1 Å². The molecule has 6 rings (SSSR count). The van der Waals surface area contributed by atoms with Gasteiger partial charge in [-0.15, -0.1) is 21.5 Å². The van der Waals surface area contributed by atoms with Gasteiger partial charge in [0.15, 0.2) is 16.6 Å². The van der Waals surface area contributed by atoms with Crippen LogP contribution in [0.15, 0.2) is 30.6 Å². The number of benzene rings is 1. The maximum absolute atomic E-state index is 10.7. The third-order valence-electron chi connectivity index (χ3n) is 7.35. The first kappa shape index (κ1) is 21.4. The summed E-state index contributed by atoms with van der Waals surface area (Å²) in [4.78, 5) is 12.0. The van der Waals surface area contributed by atoms with Crippen molar-refractivity contribution in [3.05, 3.63) is 35.6 Å². The SMILES string of the molecule is C[C@@]12CCC[C@@H](C[C@H](N(c3cnc(-c4ccc(-c5cnc(C#N)s5)cc4O)nn3)C3CC3)C1)N2. The summed E-state index contributed by atoms with van der Waals surface area (Å²) in [6.07, 6.45) is 11.9. The van der Waals surface area contributed by atoms with Gasteiger partial charge in [0, 0.05) is 29.9 Å². The summed E-state index contributed by atoms with van der Waals surface area (Å²) in [6, 6.07) is 8.94. The van der Waals surface area contributed by atoms with Crippen molar-refractivity contribution < 1.29 is 5.11 Å². The number of nitrogens with zero attached hydrogens (tertiary/aromatic N) is 6. The monoisotopic (exact) mass is 473 g/mol. The Balaban J connectivity index is 1.25. The molecule has 0 unspecified atom stereocenters. The first-order valence-electron chi connectivity index (χ1n) is 12.0. The Bertz CT molecular complexity index is 1250. The highest BCUT2D eigenvalue weighted by Crippen LogP contribution is 2.41. The minimum absolute atomic E-state index is 0.0807. The molecular weight excluding hydrogens is 446 g/mol. The molecule has 2 saturated heterocycles. The van der Waals surface area contributed by atoms with Crippen molar-refractivity contribution in [3.8, 4) is 33.6 Å². The highest BCUT2D eigenvalue weighted by molar-refractivity contribution is 7.15. The maximum Gasteiger partial charge on any atom is 0.194 e. The zero-order chi connectivity index (χ0) is 23.3. The highest BCUT2D eigenvalue weighted by Gasteiger charge is 2.45. The summed E-state index contributed by atoms with van der Waals surface area (Å²) in [5.41, 5.74) is 1.55. The molecule has 0 radical (unpaired) electrons. The van der Waals surface area contributed by atoms with E-state index in [9.17, 15) is 5.11 Å². The largest absolute Gasteiger partial charge is 0.507 e. The van der Waals surface area contributed by atoms with E-state index in [0.717, 1.165) is 29.1 Å². The van der Waals surface area contributed by atoms with Gasteiger partial charge in [0.2, 0.25) is 0 Å². The van der Waals surface area contributed by atoms with Gasteiger partial charge >= 0.3 is 0 Å². The molecule has 2 bridgehead atoms. The third kappa shape index (κ3) is 4.01. The van der Waals surface area contributed by atoms with Gasteiger partial charge in [-0.2, -0.15) is 5.26 Å². The lowest BCUT2D eigenvalue weighted by atomic mass is 9.75. The van der Waals surface area contributed by atoms with Crippen LogP contribution in [0.1, 0.15) is 56.9 Å². The molecule has 3 atom stereocenters. The van der Waals surface area contributed by atoms with Gasteiger partial charge in [0.05, 0.1) is 16.6 Å². The van der Waals surface area contributed by atoms with E-state index in [0.29, 0.717) is 34.5 Å². The van der Waals surface area contributed by atoms with Crippen LogP contribution in [-0.2, 0) is 0 Å². The fourth-order valence-corrected chi connectivity index (χ4v) is 6.44. The molecule has 174 valence electrons. The van der Waals surface area contributed by atoms with Crippen molar-refractivity contribution >= 4 is 17.2 Å². The van der Waals surface area contributed by atoms with Crippen LogP contribution in [0.25, 0.3) is 21.8 Å². The second-order valence-electron chi connectivity index (χ2n) is 10.0. The number of piperidine rings is 2. The Hall–Kier alpha value is -3.09. The van der Waals surface area contributed by atoms with Crippen molar-refractivity contribution in [3.63, 3.8) is 0 Å². The van der Waals surface area contributed by atoms with Crippen LogP contribution in [0.4, 0.5) is 5.82 Å². The van der Waals surface area contributed by atoms with Gasteiger partial charge in [-0.3, -0.25) is 0 Å². The van der Waals surface area contributed by atoms with Crippen molar-refractivity contribution in [1.29, 1.82) is 5.26 Å². The Morgan fingerprint density at radius 3 is 2.74 bits per heavy atom. The topological polar surface area (TPSA) is 111 Å². The van der Waals surface area contributed by atoms with Crippen LogP contribution in [0.2, 0.25) is 0 Å². The molecule has 34 heavy (non-hydrogen) atoms. The van der Waals surface area contributed by atoms with E-state index in [1.165, 1.54) is 43.4 Å². The Kier molecular flexibility index (Phi) is 5.23. The number of anilines is 1. The van der Waals surface area contributed by atoms with E-state index >= 15 is 0 Å². The molecule has 0 amide bonds. The number of aromatic nitrogens is 4. The van der Waals surface area contributed by atoms with E-state index in [-0.39, 0.29) is 11.3 Å². The molecule has 1 saturated carbocycles. The summed E-state index contributed by atoms with van der Waals surface area (Å²) in [5.74, 6) is 1.32. The first-order chi connectivity index (χ1) is 16.5. The molecule has 3 fully saturated rings. The Morgan fingerprint density at radius 1 is 1.18 bits per heavy atom. The number of hydrogen-bond donors (Lipinski definition) is 2. The van der Waals surface area contributed by atoms with E-state index in [1.807, 2.05) is 18.3 Å². The molecule has 1 aromatic carbocycles. The number of phenols is 1. The van der Waals surface area contributed by atoms with E-state index in [1.54, 1.807) is 18.3 Å². The van der Waals surface area contributed by atoms with Crippen LogP contribution in [0.5, 0.6) is 5.75 Å². The number of fused-ring (bicyclic) bond motifs is 2. The van der Waals surface area contributed by atoms with Gasteiger partial charge < -0.3 is 15.3 Å². The average molecular weight is 474 g/mol. The summed E-state index contributed by atoms with van der Waals surface area (Å²) < 4.78 is 0. The fourth-order valence-electron chi connectivity index (χ4n) is 5.73. The predicted octanol–water partition coefficient (Wildman–Crippen LogP) is 4.27. The second-order valence-corrected chi connectivity index (χ2v) is 11.1. The molecule has 2 N–H and O–H groups in total. The number of nitrogens with one attached hydrogen (secondary N) is 1. The van der Waals surface area contributed by atoms with Crippen LogP contribution in [0, 0.1) is 11.3 Å². The normalized spacial score (nSPS) is 26.1. The second kappa shape index (κ2) is 8.29. The predicted molar refractivity (Wildman–Crippen MR) is 130 cm³/mol. The third-order valence-corrected chi connectivity index (χ3v) is 8.30. The van der Waals surface area contributed by atoms with E-state index in [4.69, 9.17) is 5.26 Å². The average Bonchev–Trinajstić information content (AvgIpc) is 3.53. The van der Waals surface area contributed by atoms with Crippen molar-refractivity contribution in [2.75, 3.05) is 4.90 Å². The van der Waals surface area contributed by atoms with E-state index in [2.05, 4.69) is 37.3 Å². The Morgan fingerprint density at radius 2 is 2.06 bits per heavy atom. The van der Waals surface area contributed by atoms with Crippen molar-refractivity contribution in [1.82, 2.24) is 25.5 Å². The molecule has 2 aliphatic heterocycles. The molecule has 1 aliphatic carbocycles. The molecule has 8 nitrogen and oxygen atoms in total.